The van der Waals surface area contributed by atoms with Gasteiger partial charge in [-0.2, -0.15) is 0 Å². The third-order valence-corrected chi connectivity index (χ3v) is 6.70. The van der Waals surface area contributed by atoms with Crippen LogP contribution < -0.4 is 10.5 Å². The van der Waals surface area contributed by atoms with Crippen LogP contribution in [0.2, 0.25) is 0 Å². The van der Waals surface area contributed by atoms with Gasteiger partial charge in [0.1, 0.15) is 0 Å². The number of thiophene rings is 1. The molecule has 1 amide bonds. The van der Waals surface area contributed by atoms with Crippen LogP contribution in [0.15, 0.2) is 43.9 Å². The van der Waals surface area contributed by atoms with Crippen molar-refractivity contribution in [2.24, 2.45) is 0 Å². The van der Waals surface area contributed by atoms with Crippen LogP contribution in [-0.2, 0) is 10.0 Å². The highest BCUT2D eigenvalue weighted by molar-refractivity contribution is 9.10. The van der Waals surface area contributed by atoms with E-state index in [1.807, 2.05) is 11.0 Å². The highest BCUT2D eigenvalue weighted by atomic mass is 79.9. The van der Waals surface area contributed by atoms with E-state index in [2.05, 4.69) is 15.9 Å². The van der Waals surface area contributed by atoms with Crippen molar-refractivity contribution in [2.75, 3.05) is 12.0 Å². The van der Waals surface area contributed by atoms with Crippen molar-refractivity contribution in [1.29, 1.82) is 0 Å². The van der Waals surface area contributed by atoms with Gasteiger partial charge in [-0.25, -0.2) is 13.1 Å². The van der Waals surface area contributed by atoms with Crippen molar-refractivity contribution < 1.29 is 13.2 Å². The molecule has 0 fully saturated rings. The lowest BCUT2D eigenvalue weighted by atomic mass is 10.3. The Hall–Kier alpha value is -1.03. The number of thioether (sulfide) groups is 1. The quantitative estimate of drug-likeness (QED) is 0.601. The average molecular weight is 407 g/mol. The van der Waals surface area contributed by atoms with Crippen LogP contribution in [0.3, 0.4) is 0 Å². The molecule has 3 N–H and O–H groups in total. The molecule has 0 saturated heterocycles. The van der Waals surface area contributed by atoms with Crippen LogP contribution >= 0.6 is 39.0 Å². The first-order chi connectivity index (χ1) is 9.83. The van der Waals surface area contributed by atoms with E-state index >= 15 is 0 Å². The summed E-state index contributed by atoms with van der Waals surface area (Å²) in [6.07, 6.45) is 1.89. The molecule has 0 unspecified atom stereocenters. The standard InChI is InChI=1S/C12H11BrN2O3S3/c1-19-11-5-4-10(20-11)12(16)15-21(17,18)7-2-3-9(14)8(13)6-7/h2-6H,14H2,1H3,(H,15,16). The van der Waals surface area contributed by atoms with Crippen LogP contribution in [0.4, 0.5) is 5.69 Å². The zero-order valence-electron chi connectivity index (χ0n) is 10.8. The number of anilines is 1. The molecule has 5 nitrogen and oxygen atoms in total. The van der Waals surface area contributed by atoms with Gasteiger partial charge in [0, 0.05) is 10.2 Å². The second kappa shape index (κ2) is 6.39. The molecule has 0 saturated carbocycles. The number of sulfonamides is 1. The van der Waals surface area contributed by atoms with Crippen molar-refractivity contribution in [3.05, 3.63) is 39.7 Å². The molecule has 1 aromatic carbocycles. The molecule has 1 heterocycles. The molecule has 9 heteroatoms. The normalized spacial score (nSPS) is 11.3. The summed E-state index contributed by atoms with van der Waals surface area (Å²) >= 11 is 5.89. The van der Waals surface area contributed by atoms with Gasteiger partial charge in [-0.15, -0.1) is 23.1 Å². The maximum atomic E-state index is 12.2. The molecule has 0 aliphatic rings. The monoisotopic (exact) mass is 406 g/mol. The molecule has 1 aromatic heterocycles. The largest absolute Gasteiger partial charge is 0.398 e. The van der Waals surface area contributed by atoms with Crippen molar-refractivity contribution >= 4 is 60.6 Å². The van der Waals surface area contributed by atoms with E-state index in [1.165, 1.54) is 41.3 Å². The first-order valence-corrected chi connectivity index (χ1v) is 9.91. The Morgan fingerprint density at radius 3 is 2.62 bits per heavy atom. The van der Waals surface area contributed by atoms with Crippen molar-refractivity contribution in [3.8, 4) is 0 Å². The third-order valence-electron chi connectivity index (χ3n) is 2.52. The molecule has 0 aliphatic carbocycles. The Kier molecular flexibility index (Phi) is 4.97. The molecule has 0 bridgehead atoms. The summed E-state index contributed by atoms with van der Waals surface area (Å²) in [7, 11) is -3.93. The van der Waals surface area contributed by atoms with Gasteiger partial charge in [-0.3, -0.25) is 4.79 Å². The van der Waals surface area contributed by atoms with Gasteiger partial charge in [-0.05, 0) is 52.5 Å². The summed E-state index contributed by atoms with van der Waals surface area (Å²) in [5.41, 5.74) is 6.03. The second-order valence-corrected chi connectivity index (χ2v) is 8.67. The van der Waals surface area contributed by atoms with Gasteiger partial charge in [0.2, 0.25) is 0 Å². The third kappa shape index (κ3) is 3.79. The summed E-state index contributed by atoms with van der Waals surface area (Å²) in [5.74, 6) is -0.645. The van der Waals surface area contributed by atoms with E-state index in [-0.39, 0.29) is 4.90 Å². The number of rotatable bonds is 4. The number of hydrogen-bond donors (Lipinski definition) is 2. The summed E-state index contributed by atoms with van der Waals surface area (Å²) in [5, 5.41) is 0. The average Bonchev–Trinajstić information content (AvgIpc) is 2.90. The van der Waals surface area contributed by atoms with Gasteiger partial charge in [0.15, 0.2) is 0 Å². The van der Waals surface area contributed by atoms with Crippen molar-refractivity contribution in [2.45, 2.75) is 9.10 Å². The van der Waals surface area contributed by atoms with Crippen LogP contribution in [0.25, 0.3) is 0 Å². The number of hydrogen-bond acceptors (Lipinski definition) is 6. The minimum atomic E-state index is -3.93. The summed E-state index contributed by atoms with van der Waals surface area (Å²) in [6.45, 7) is 0. The number of nitrogen functional groups attached to an aromatic ring is 1. The highest BCUT2D eigenvalue weighted by Crippen LogP contribution is 2.26. The zero-order chi connectivity index (χ0) is 15.6. The first-order valence-electron chi connectivity index (χ1n) is 5.59. The summed E-state index contributed by atoms with van der Waals surface area (Å²) < 4.78 is 27.8. The topological polar surface area (TPSA) is 89.3 Å². The Morgan fingerprint density at radius 2 is 2.05 bits per heavy atom. The van der Waals surface area contributed by atoms with E-state index in [4.69, 9.17) is 5.73 Å². The number of benzene rings is 1. The first kappa shape index (κ1) is 16.3. The molecule has 2 aromatic rings. The number of nitrogens with one attached hydrogen (secondary N) is 1. The number of amides is 1. The molecule has 0 aliphatic heterocycles. The molecule has 2 rings (SSSR count). The van der Waals surface area contributed by atoms with E-state index in [0.717, 1.165) is 4.21 Å². The summed E-state index contributed by atoms with van der Waals surface area (Å²) in [4.78, 5) is 12.3. The van der Waals surface area contributed by atoms with Gasteiger partial charge in [0.25, 0.3) is 15.9 Å². The fraction of sp³-hybridized carbons (Fsp3) is 0.0833. The fourth-order valence-corrected chi connectivity index (χ4v) is 4.48. The SMILES string of the molecule is CSc1ccc(C(=O)NS(=O)(=O)c2ccc(N)c(Br)c2)s1. The van der Waals surface area contributed by atoms with Crippen molar-refractivity contribution in [3.63, 3.8) is 0 Å². The van der Waals surface area contributed by atoms with Gasteiger partial charge in [0.05, 0.1) is 14.0 Å². The van der Waals surface area contributed by atoms with Crippen LogP contribution in [-0.4, -0.2) is 20.6 Å². The Balaban J connectivity index is 2.24. The minimum absolute atomic E-state index is 0.0291. The molecule has 112 valence electrons. The van der Waals surface area contributed by atoms with Crippen LogP contribution in [0, 0.1) is 0 Å². The van der Waals surface area contributed by atoms with Gasteiger partial charge < -0.3 is 5.73 Å². The Morgan fingerprint density at radius 1 is 1.33 bits per heavy atom. The number of carbonyl (C=O) groups excluding carboxylic acids is 1. The van der Waals surface area contributed by atoms with Gasteiger partial charge >= 0.3 is 0 Å². The lowest BCUT2D eigenvalue weighted by Crippen LogP contribution is -2.30. The fourth-order valence-electron chi connectivity index (χ4n) is 1.46. The lowest BCUT2D eigenvalue weighted by Gasteiger charge is -2.07. The Labute approximate surface area is 139 Å². The van der Waals surface area contributed by atoms with E-state index in [0.29, 0.717) is 15.0 Å². The predicted octanol–water partition coefficient (Wildman–Crippen LogP) is 2.93. The molecule has 0 spiro atoms. The number of carbonyl (C=O) groups is 1. The smallest absolute Gasteiger partial charge is 0.275 e. The molecule has 21 heavy (non-hydrogen) atoms. The maximum Gasteiger partial charge on any atom is 0.275 e. The van der Waals surface area contributed by atoms with Gasteiger partial charge in [-0.1, -0.05) is 0 Å². The van der Waals surface area contributed by atoms with Crippen molar-refractivity contribution in [1.82, 2.24) is 4.72 Å². The van der Waals surface area contributed by atoms with Crippen LogP contribution in [0.1, 0.15) is 9.67 Å². The highest BCUT2D eigenvalue weighted by Gasteiger charge is 2.20. The summed E-state index contributed by atoms with van der Waals surface area (Å²) in [6, 6.07) is 7.53. The number of halogens is 1. The second-order valence-electron chi connectivity index (χ2n) is 3.94. The number of nitrogens with two attached hydrogens (primary N) is 1. The lowest BCUT2D eigenvalue weighted by molar-refractivity contribution is 0.0985. The Bertz CT molecular complexity index is 787. The van der Waals surface area contributed by atoms with E-state index in [9.17, 15) is 13.2 Å². The molecular formula is C12H11BrN2O3S3. The molecular weight excluding hydrogens is 396 g/mol. The maximum absolute atomic E-state index is 12.2. The van der Waals surface area contributed by atoms with E-state index < -0.39 is 15.9 Å². The van der Waals surface area contributed by atoms with E-state index in [1.54, 1.807) is 12.1 Å². The molecule has 0 radical (unpaired) electrons. The predicted molar refractivity (Wildman–Crippen MR) is 89.3 cm³/mol. The minimum Gasteiger partial charge on any atom is -0.398 e. The van der Waals surface area contributed by atoms with Crippen LogP contribution in [0.5, 0.6) is 0 Å². The zero-order valence-corrected chi connectivity index (χ0v) is 14.8. The molecule has 0 atom stereocenters.